The molecular formula is C24H33N5OS. The first-order chi connectivity index (χ1) is 15.1. The molecule has 0 radical (unpaired) electrons. The maximum absolute atomic E-state index is 12.7. The van der Waals surface area contributed by atoms with Crippen molar-refractivity contribution in [2.45, 2.75) is 43.6 Å². The zero-order chi connectivity index (χ0) is 21.4. The van der Waals surface area contributed by atoms with Crippen molar-refractivity contribution < 1.29 is 4.79 Å². The highest BCUT2D eigenvalue weighted by molar-refractivity contribution is 7.13. The number of anilines is 2. The average Bonchev–Trinajstić information content (AvgIpc) is 3.35. The van der Waals surface area contributed by atoms with E-state index in [1.165, 1.54) is 36.4 Å². The van der Waals surface area contributed by atoms with Gasteiger partial charge in [-0.25, -0.2) is 9.78 Å². The Bertz CT molecular complexity index is 898. The Balaban J connectivity index is 1.25. The van der Waals surface area contributed by atoms with Crippen LogP contribution in [0, 0.1) is 0 Å². The molecule has 31 heavy (non-hydrogen) atoms. The Morgan fingerprint density at radius 3 is 2.45 bits per heavy atom. The predicted molar refractivity (Wildman–Crippen MR) is 127 cm³/mol. The molecule has 1 aromatic heterocycles. The van der Waals surface area contributed by atoms with Gasteiger partial charge in [-0.2, -0.15) is 0 Å². The van der Waals surface area contributed by atoms with Crippen LogP contribution in [0.1, 0.15) is 37.7 Å². The van der Waals surface area contributed by atoms with Crippen molar-refractivity contribution in [1.82, 2.24) is 14.8 Å². The molecular weight excluding hydrogens is 406 g/mol. The lowest BCUT2D eigenvalue weighted by Crippen LogP contribution is -2.53. The molecule has 4 heterocycles. The molecule has 0 bridgehead atoms. The summed E-state index contributed by atoms with van der Waals surface area (Å²) in [6.45, 7) is 5.38. The van der Waals surface area contributed by atoms with Gasteiger partial charge >= 0.3 is 6.03 Å². The van der Waals surface area contributed by atoms with Gasteiger partial charge in [0.05, 0.1) is 0 Å². The molecule has 2 amide bonds. The van der Waals surface area contributed by atoms with E-state index < -0.39 is 0 Å². The number of carbonyl (C=O) groups is 1. The summed E-state index contributed by atoms with van der Waals surface area (Å²) in [6.07, 6.45) is 7.83. The van der Waals surface area contributed by atoms with Gasteiger partial charge in [-0.05, 0) is 56.8 Å². The zero-order valence-electron chi connectivity index (χ0n) is 18.7. The Kier molecular flexibility index (Phi) is 5.65. The van der Waals surface area contributed by atoms with E-state index in [0.717, 1.165) is 44.8 Å². The number of hydrogen-bond donors (Lipinski definition) is 0. The number of aromatic nitrogens is 1. The van der Waals surface area contributed by atoms with Gasteiger partial charge in [0.25, 0.3) is 0 Å². The maximum atomic E-state index is 12.7. The highest BCUT2D eigenvalue weighted by Crippen LogP contribution is 2.47. The van der Waals surface area contributed by atoms with Gasteiger partial charge in [-0.3, -0.25) is 4.90 Å². The lowest BCUT2D eigenvalue weighted by atomic mass is 9.67. The van der Waals surface area contributed by atoms with Crippen LogP contribution in [0.3, 0.4) is 0 Å². The zero-order valence-corrected chi connectivity index (χ0v) is 19.5. The third-order valence-corrected chi connectivity index (χ3v) is 8.45. The number of amides is 2. The summed E-state index contributed by atoms with van der Waals surface area (Å²) in [7, 11) is 3.68. The molecule has 2 fully saturated rings. The summed E-state index contributed by atoms with van der Waals surface area (Å²) in [5, 5.41) is 3.24. The van der Waals surface area contributed by atoms with Crippen molar-refractivity contribution in [2.75, 3.05) is 56.6 Å². The molecule has 5 rings (SSSR count). The molecule has 0 N–H and O–H groups in total. The molecule has 7 heteroatoms. The third kappa shape index (κ3) is 3.82. The van der Waals surface area contributed by atoms with Crippen molar-refractivity contribution in [2.24, 2.45) is 0 Å². The van der Waals surface area contributed by atoms with E-state index in [9.17, 15) is 4.79 Å². The van der Waals surface area contributed by atoms with Crippen LogP contribution in [0.5, 0.6) is 0 Å². The molecule has 0 unspecified atom stereocenters. The van der Waals surface area contributed by atoms with E-state index in [4.69, 9.17) is 0 Å². The highest BCUT2D eigenvalue weighted by atomic mass is 32.1. The molecule has 3 aliphatic rings. The van der Waals surface area contributed by atoms with Gasteiger partial charge in [0.15, 0.2) is 5.13 Å². The topological polar surface area (TPSA) is 42.9 Å². The van der Waals surface area contributed by atoms with Gasteiger partial charge in [-0.1, -0.05) is 18.2 Å². The van der Waals surface area contributed by atoms with Crippen molar-refractivity contribution in [3.05, 3.63) is 41.4 Å². The fourth-order valence-corrected chi connectivity index (χ4v) is 6.51. The van der Waals surface area contributed by atoms with Crippen molar-refractivity contribution >= 4 is 28.2 Å². The summed E-state index contributed by atoms with van der Waals surface area (Å²) in [5.74, 6) is 0. The molecule has 6 nitrogen and oxygen atoms in total. The van der Waals surface area contributed by atoms with Crippen LogP contribution >= 0.6 is 11.3 Å². The minimum Gasteiger partial charge on any atom is -0.348 e. The maximum Gasteiger partial charge on any atom is 0.323 e. The first kappa shape index (κ1) is 20.8. The molecule has 1 spiro atoms. The monoisotopic (exact) mass is 439 g/mol. The number of piperidine rings is 2. The number of rotatable bonds is 2. The second kappa shape index (κ2) is 8.43. The van der Waals surface area contributed by atoms with E-state index in [-0.39, 0.29) is 11.4 Å². The molecule has 0 atom stereocenters. The largest absolute Gasteiger partial charge is 0.348 e. The number of urea groups is 1. The second-order valence-corrected chi connectivity index (χ2v) is 10.3. The number of carbonyl (C=O) groups excluding carboxylic acids is 1. The van der Waals surface area contributed by atoms with Crippen LogP contribution in [-0.4, -0.2) is 73.7 Å². The Morgan fingerprint density at radius 2 is 1.77 bits per heavy atom. The van der Waals surface area contributed by atoms with Gasteiger partial charge in [0.2, 0.25) is 0 Å². The quantitative estimate of drug-likeness (QED) is 0.708. The SMILES string of the molecule is CN(C)C(=O)N1CCC2(CCN(C3CCN(c4nccs4)CC3)CC2)c2ccccc21. The summed E-state index contributed by atoms with van der Waals surface area (Å²) >= 11 is 1.75. The van der Waals surface area contributed by atoms with E-state index in [2.05, 4.69) is 44.4 Å². The highest BCUT2D eigenvalue weighted by Gasteiger charge is 2.43. The third-order valence-electron chi connectivity index (χ3n) is 7.62. The van der Waals surface area contributed by atoms with Crippen molar-refractivity contribution in [3.8, 4) is 0 Å². The fourth-order valence-electron chi connectivity index (χ4n) is 5.81. The lowest BCUT2D eigenvalue weighted by molar-refractivity contribution is 0.0948. The number of benzene rings is 1. The van der Waals surface area contributed by atoms with Crippen LogP contribution in [0.25, 0.3) is 0 Å². The first-order valence-electron chi connectivity index (χ1n) is 11.5. The predicted octanol–water partition coefficient (Wildman–Crippen LogP) is 4.04. The summed E-state index contributed by atoms with van der Waals surface area (Å²) < 4.78 is 0. The molecule has 0 aliphatic carbocycles. The number of nitrogens with zero attached hydrogens (tertiary/aromatic N) is 5. The van der Waals surface area contributed by atoms with E-state index in [1.807, 2.05) is 25.2 Å². The van der Waals surface area contributed by atoms with Gasteiger partial charge < -0.3 is 14.7 Å². The Labute approximate surface area is 189 Å². The average molecular weight is 440 g/mol. The molecule has 3 aliphatic heterocycles. The summed E-state index contributed by atoms with van der Waals surface area (Å²) in [4.78, 5) is 26.1. The van der Waals surface area contributed by atoms with E-state index in [1.54, 1.807) is 16.2 Å². The molecule has 2 saturated heterocycles. The van der Waals surface area contributed by atoms with Crippen LogP contribution in [0.2, 0.25) is 0 Å². The normalized spacial score (nSPS) is 21.9. The smallest absolute Gasteiger partial charge is 0.323 e. The van der Waals surface area contributed by atoms with Crippen molar-refractivity contribution in [3.63, 3.8) is 0 Å². The molecule has 166 valence electrons. The molecule has 0 saturated carbocycles. The number of para-hydroxylation sites is 1. The van der Waals surface area contributed by atoms with Crippen LogP contribution in [0.15, 0.2) is 35.8 Å². The summed E-state index contributed by atoms with van der Waals surface area (Å²) in [5.41, 5.74) is 2.73. The van der Waals surface area contributed by atoms with Crippen molar-refractivity contribution in [1.29, 1.82) is 0 Å². The van der Waals surface area contributed by atoms with Gasteiger partial charge in [0.1, 0.15) is 0 Å². The Hall–Kier alpha value is -2.12. The molecule has 1 aromatic carbocycles. The second-order valence-electron chi connectivity index (χ2n) is 9.44. The van der Waals surface area contributed by atoms with E-state index >= 15 is 0 Å². The van der Waals surface area contributed by atoms with Crippen LogP contribution in [0.4, 0.5) is 15.6 Å². The number of likely N-dealkylation sites (tertiary alicyclic amines) is 1. The minimum atomic E-state index is 0.0896. The fraction of sp³-hybridized carbons (Fsp3) is 0.583. The first-order valence-corrected chi connectivity index (χ1v) is 12.4. The van der Waals surface area contributed by atoms with Gasteiger partial charge in [0, 0.05) is 62.5 Å². The van der Waals surface area contributed by atoms with Crippen LogP contribution < -0.4 is 9.80 Å². The lowest BCUT2D eigenvalue weighted by Gasteiger charge is -2.50. The Morgan fingerprint density at radius 1 is 1.06 bits per heavy atom. The minimum absolute atomic E-state index is 0.0896. The van der Waals surface area contributed by atoms with E-state index in [0.29, 0.717) is 6.04 Å². The van der Waals surface area contributed by atoms with Crippen LogP contribution in [-0.2, 0) is 5.41 Å². The summed E-state index contributed by atoms with van der Waals surface area (Å²) in [6, 6.07) is 9.40. The molecule has 2 aromatic rings. The number of fused-ring (bicyclic) bond motifs is 2. The van der Waals surface area contributed by atoms with Gasteiger partial charge in [-0.15, -0.1) is 11.3 Å². The number of thiazole rings is 1. The standard InChI is InChI=1S/C24H33N5OS/c1-26(2)23(30)29-17-11-24(20-5-3-4-6-21(20)29)9-15-27(16-10-24)19-7-13-28(14-8-19)22-25-12-18-31-22/h3-6,12,18-19H,7-11,13-17H2,1-2H3. The number of hydrogen-bond acceptors (Lipinski definition) is 5.